The number of hydrogen-bond acceptors (Lipinski definition) is 3. The predicted molar refractivity (Wildman–Crippen MR) is 137 cm³/mol. The molecule has 0 amide bonds. The molecule has 1 fully saturated rings. The van der Waals surface area contributed by atoms with Crippen LogP contribution in [0.3, 0.4) is 0 Å². The molecule has 7 rings (SSSR count). The van der Waals surface area contributed by atoms with Gasteiger partial charge >= 0.3 is 0 Å². The quantitative estimate of drug-likeness (QED) is 0.182. The molecule has 1 radical (unpaired) electrons. The average Bonchev–Trinajstić information content (AvgIpc) is 3.76. The number of fused-ring (bicyclic) bond motifs is 3. The molecule has 3 heterocycles. The van der Waals surface area contributed by atoms with Crippen molar-refractivity contribution in [2.45, 2.75) is 18.8 Å². The first-order valence-electron chi connectivity index (χ1n) is 13.1. The van der Waals surface area contributed by atoms with Gasteiger partial charge in [-0.25, -0.2) is 0 Å². The second-order valence-corrected chi connectivity index (χ2v) is 7.81. The molecule has 0 N–H and O–H groups in total. The predicted octanol–water partition coefficient (Wildman–Crippen LogP) is 7.89. The van der Waals surface area contributed by atoms with Gasteiger partial charge in [0.2, 0.25) is 0 Å². The Kier molecular flexibility index (Phi) is 6.87. The first kappa shape index (κ1) is 19.7. The molecule has 0 aliphatic heterocycles. The van der Waals surface area contributed by atoms with Gasteiger partial charge in [0.05, 0.1) is 5.48 Å². The maximum atomic E-state index is 7.05. The van der Waals surface area contributed by atoms with Crippen LogP contribution in [0.1, 0.15) is 29.8 Å². The SMILES string of the molecule is [2H]c1cnc([2H])c([2H])c1[2H].[Ir].[c-]1cc(C2CC2)ccc1-c1ccccn1.[c-]1ccc2c(c1)oc1ccccc12. The summed E-state index contributed by atoms with van der Waals surface area (Å²) >= 11 is 0. The Morgan fingerprint density at radius 1 is 0.829 bits per heavy atom. The van der Waals surface area contributed by atoms with E-state index in [4.69, 9.17) is 9.90 Å². The molecule has 1 aliphatic carbocycles. The van der Waals surface area contributed by atoms with Gasteiger partial charge in [-0.2, -0.15) is 18.2 Å². The topological polar surface area (TPSA) is 38.9 Å². The third-order valence-electron chi connectivity index (χ3n) is 5.43. The summed E-state index contributed by atoms with van der Waals surface area (Å²) in [4.78, 5) is 7.72. The van der Waals surface area contributed by atoms with Crippen LogP contribution in [0, 0.1) is 12.1 Å². The van der Waals surface area contributed by atoms with Crippen molar-refractivity contribution < 1.29 is 30.0 Å². The number of rotatable bonds is 2. The Labute approximate surface area is 224 Å². The summed E-state index contributed by atoms with van der Waals surface area (Å²) in [5.74, 6) is 0.805. The van der Waals surface area contributed by atoms with Crippen LogP contribution >= 0.6 is 0 Å². The number of aromatic nitrogens is 2. The van der Waals surface area contributed by atoms with E-state index in [9.17, 15) is 0 Å². The molecule has 0 bridgehead atoms. The molecule has 1 aliphatic rings. The monoisotopic (exact) mass is 637 g/mol. The Hall–Kier alpha value is -3.59. The van der Waals surface area contributed by atoms with Gasteiger partial charge in [-0.05, 0) is 29.9 Å². The minimum absolute atomic E-state index is 0. The maximum Gasteiger partial charge on any atom is 0.116 e. The molecular formula is C31H24IrN2O-2. The summed E-state index contributed by atoms with van der Waals surface area (Å²) in [5.41, 5.74) is 5.36. The van der Waals surface area contributed by atoms with Crippen LogP contribution < -0.4 is 0 Å². The van der Waals surface area contributed by atoms with Crippen LogP contribution in [0.5, 0.6) is 0 Å². The van der Waals surface area contributed by atoms with Crippen LogP contribution in [0.25, 0.3) is 33.2 Å². The van der Waals surface area contributed by atoms with Crippen molar-refractivity contribution in [2.24, 2.45) is 0 Å². The summed E-state index contributed by atoms with van der Waals surface area (Å²) in [7, 11) is 0. The van der Waals surface area contributed by atoms with E-state index in [2.05, 4.69) is 46.4 Å². The first-order chi connectivity index (χ1) is 18.5. The van der Waals surface area contributed by atoms with Crippen LogP contribution in [-0.4, -0.2) is 9.97 Å². The van der Waals surface area contributed by atoms with Crippen molar-refractivity contribution in [1.29, 1.82) is 0 Å². The van der Waals surface area contributed by atoms with Gasteiger partial charge in [0.1, 0.15) is 5.58 Å². The Balaban J connectivity index is 0.000000137. The van der Waals surface area contributed by atoms with Crippen molar-refractivity contribution >= 4 is 21.9 Å². The second kappa shape index (κ2) is 12.2. The first-order valence-corrected chi connectivity index (χ1v) is 11.1. The molecule has 35 heavy (non-hydrogen) atoms. The van der Waals surface area contributed by atoms with Gasteiger partial charge in [-0.15, -0.1) is 41.5 Å². The standard InChI is InChI=1S/C14H12N.C12H7O.C5H5N.Ir/c1-2-10-15-14(3-1)13-8-6-12(7-9-13)11-4-5-11;1-3-7-11-9(5-1)10-6-2-4-8-12(10)13-11;1-2-4-6-5-3-1;/h1-3,6-8,10-11H,4-5H2;1-3,5-8H;1-5H;/q2*-1;;/i;;1D,2D,3D,4D;. The fraction of sp³-hybridized carbons (Fsp3) is 0.0968. The van der Waals surface area contributed by atoms with E-state index in [1.54, 1.807) is 0 Å². The van der Waals surface area contributed by atoms with Crippen molar-refractivity contribution in [2.75, 3.05) is 0 Å². The fourth-order valence-electron chi connectivity index (χ4n) is 3.60. The van der Waals surface area contributed by atoms with E-state index >= 15 is 0 Å². The molecule has 6 aromatic rings. The van der Waals surface area contributed by atoms with E-state index in [0.717, 1.165) is 39.9 Å². The zero-order valence-corrected chi connectivity index (χ0v) is 21.2. The number of hydrogen-bond donors (Lipinski definition) is 0. The van der Waals surface area contributed by atoms with Gasteiger partial charge in [0, 0.05) is 49.6 Å². The molecule has 4 heteroatoms. The van der Waals surface area contributed by atoms with Gasteiger partial charge in [-0.3, -0.25) is 4.98 Å². The van der Waals surface area contributed by atoms with E-state index in [0.29, 0.717) is 0 Å². The summed E-state index contributed by atoms with van der Waals surface area (Å²) in [6, 6.07) is 31.9. The maximum absolute atomic E-state index is 7.05. The number of benzene rings is 3. The molecule has 3 aromatic heterocycles. The molecular weight excluding hydrogens is 609 g/mol. The van der Waals surface area contributed by atoms with Crippen LogP contribution in [-0.2, 0) is 20.1 Å². The Morgan fingerprint density at radius 3 is 2.46 bits per heavy atom. The third kappa shape index (κ3) is 6.51. The van der Waals surface area contributed by atoms with E-state index in [1.807, 2.05) is 60.8 Å². The minimum atomic E-state index is -0.285. The summed E-state index contributed by atoms with van der Waals surface area (Å²) < 4.78 is 33.7. The van der Waals surface area contributed by atoms with E-state index in [1.165, 1.54) is 23.8 Å². The summed E-state index contributed by atoms with van der Waals surface area (Å²) in [5, 5.41) is 2.33. The normalized spacial score (nSPS) is 13.6. The van der Waals surface area contributed by atoms with E-state index < -0.39 is 0 Å². The molecule has 0 atom stereocenters. The zero-order valence-electron chi connectivity index (χ0n) is 22.8. The minimum Gasteiger partial charge on any atom is -0.516 e. The van der Waals surface area contributed by atoms with Crippen LogP contribution in [0.2, 0.25) is 0 Å². The smallest absolute Gasteiger partial charge is 0.116 e. The molecule has 3 nitrogen and oxygen atoms in total. The van der Waals surface area contributed by atoms with Crippen LogP contribution in [0.15, 0.2) is 120 Å². The Morgan fingerprint density at radius 2 is 1.69 bits per heavy atom. The number of para-hydroxylation sites is 1. The molecule has 0 spiro atoms. The van der Waals surface area contributed by atoms with Gasteiger partial charge < -0.3 is 9.40 Å². The summed E-state index contributed by atoms with van der Waals surface area (Å²) in [6.45, 7) is 0. The third-order valence-corrected chi connectivity index (χ3v) is 5.43. The fourth-order valence-corrected chi connectivity index (χ4v) is 3.60. The van der Waals surface area contributed by atoms with Crippen molar-refractivity contribution in [3.63, 3.8) is 0 Å². The molecule has 1 saturated carbocycles. The molecule has 3 aromatic carbocycles. The van der Waals surface area contributed by atoms with Crippen LogP contribution in [0.4, 0.5) is 0 Å². The van der Waals surface area contributed by atoms with Crippen molar-refractivity contribution in [3.8, 4) is 11.3 Å². The molecule has 175 valence electrons. The number of nitrogens with zero attached hydrogens (tertiary/aromatic N) is 2. The van der Waals surface area contributed by atoms with Crippen molar-refractivity contribution in [3.05, 3.63) is 133 Å². The van der Waals surface area contributed by atoms with Gasteiger partial charge in [0.25, 0.3) is 0 Å². The van der Waals surface area contributed by atoms with Crippen molar-refractivity contribution in [1.82, 2.24) is 9.97 Å². The molecule has 0 unspecified atom stereocenters. The Bertz CT molecular complexity index is 1590. The average molecular weight is 637 g/mol. The van der Waals surface area contributed by atoms with E-state index in [-0.39, 0.29) is 44.4 Å². The number of pyridine rings is 2. The zero-order chi connectivity index (χ0) is 26.5. The van der Waals surface area contributed by atoms with Gasteiger partial charge in [0.15, 0.2) is 0 Å². The second-order valence-electron chi connectivity index (χ2n) is 7.81. The van der Waals surface area contributed by atoms with Gasteiger partial charge in [-0.1, -0.05) is 60.5 Å². The summed E-state index contributed by atoms with van der Waals surface area (Å²) in [6.07, 6.45) is 5.36. The largest absolute Gasteiger partial charge is 0.516 e. The number of furan rings is 1. The molecule has 0 saturated heterocycles.